The number of rotatable bonds is 2. The van der Waals surface area contributed by atoms with Crippen molar-refractivity contribution in [3.63, 3.8) is 0 Å². The summed E-state index contributed by atoms with van der Waals surface area (Å²) in [6, 6.07) is 19.5. The van der Waals surface area contributed by atoms with E-state index in [1.165, 1.54) is 70.1 Å². The minimum Gasteiger partial charge on any atom is -0.314 e. The molecule has 2 aromatic heterocycles. The van der Waals surface area contributed by atoms with Crippen molar-refractivity contribution in [3.8, 4) is 0 Å². The van der Waals surface area contributed by atoms with Crippen molar-refractivity contribution in [3.05, 3.63) is 69.4 Å². The predicted octanol–water partition coefficient (Wildman–Crippen LogP) is 8.13. The second-order valence-electron chi connectivity index (χ2n) is 10.4. The minimum absolute atomic E-state index is 0.667. The molecule has 2 aliphatic heterocycles. The Bertz CT molecular complexity index is 1160. The van der Waals surface area contributed by atoms with Gasteiger partial charge in [-0.3, -0.25) is 0 Å². The van der Waals surface area contributed by atoms with Gasteiger partial charge in [0.2, 0.25) is 0 Å². The lowest BCUT2D eigenvalue weighted by molar-refractivity contribution is 0.384. The molecule has 6 rings (SSSR count). The second-order valence-corrected chi connectivity index (χ2v) is 12.7. The third-order valence-electron chi connectivity index (χ3n) is 7.65. The molecule has 4 heteroatoms. The molecular weight excluding hydrogens is 452 g/mol. The van der Waals surface area contributed by atoms with Crippen molar-refractivity contribution in [2.45, 2.75) is 77.3 Å². The topological polar surface area (TPSA) is 24.1 Å². The Hall–Kier alpha value is -1.72. The molecular formula is C30H38N2S2. The zero-order valence-corrected chi connectivity index (χ0v) is 22.6. The molecule has 2 nitrogen and oxygen atoms in total. The Morgan fingerprint density at radius 3 is 1.50 bits per heavy atom. The van der Waals surface area contributed by atoms with E-state index in [9.17, 15) is 0 Å². The van der Waals surface area contributed by atoms with E-state index >= 15 is 0 Å². The van der Waals surface area contributed by atoms with E-state index in [1.54, 1.807) is 9.75 Å². The Kier molecular flexibility index (Phi) is 7.41. The quantitative estimate of drug-likeness (QED) is 0.296. The molecule has 180 valence electrons. The van der Waals surface area contributed by atoms with E-state index in [-0.39, 0.29) is 0 Å². The van der Waals surface area contributed by atoms with E-state index < -0.39 is 0 Å². The Labute approximate surface area is 212 Å². The van der Waals surface area contributed by atoms with Crippen molar-refractivity contribution < 1.29 is 0 Å². The number of aryl methyl sites for hydroxylation is 2. The van der Waals surface area contributed by atoms with Gasteiger partial charge < -0.3 is 10.6 Å². The third kappa shape index (κ3) is 5.26. The molecule has 2 aromatic carbocycles. The summed E-state index contributed by atoms with van der Waals surface area (Å²) in [6.45, 7) is 11.3. The third-order valence-corrected chi connectivity index (χ3v) is 10.2. The molecule has 0 bridgehead atoms. The monoisotopic (exact) mass is 490 g/mol. The second kappa shape index (κ2) is 10.5. The van der Waals surface area contributed by atoms with Gasteiger partial charge in [-0.25, -0.2) is 0 Å². The van der Waals surface area contributed by atoms with E-state index in [0.29, 0.717) is 12.1 Å². The normalized spacial score (nSPS) is 25.3. The summed E-state index contributed by atoms with van der Waals surface area (Å²) in [6.07, 6.45) is 5.14. The number of hydrogen-bond acceptors (Lipinski definition) is 4. The largest absolute Gasteiger partial charge is 0.314 e. The van der Waals surface area contributed by atoms with Crippen LogP contribution in [-0.2, 0) is 0 Å². The lowest BCUT2D eigenvalue weighted by Gasteiger charge is -2.27. The van der Waals surface area contributed by atoms with Gasteiger partial charge >= 0.3 is 0 Å². The first-order chi connectivity index (χ1) is 16.5. The molecule has 4 atom stereocenters. The van der Waals surface area contributed by atoms with Crippen LogP contribution in [-0.4, -0.2) is 25.2 Å². The van der Waals surface area contributed by atoms with Crippen molar-refractivity contribution in [2.24, 2.45) is 0 Å². The number of hydrogen-bond donors (Lipinski definition) is 2. The van der Waals surface area contributed by atoms with Crippen LogP contribution in [0.5, 0.6) is 0 Å². The molecule has 0 spiro atoms. The number of benzene rings is 2. The standard InChI is InChI=1S/2C15H19NS/c2*1-10-4-3-5-14-13(10)9-15(17-14)12-6-7-16-11(2)8-12/h2*3-5,9,11-12,16H,6-8H2,1-2H3/t11-,12+;11-,12-/m01/s1. The first-order valence-electron chi connectivity index (χ1n) is 12.9. The first kappa shape index (κ1) is 24.0. The van der Waals surface area contributed by atoms with Crippen molar-refractivity contribution in [1.82, 2.24) is 10.6 Å². The Morgan fingerprint density at radius 2 is 1.12 bits per heavy atom. The van der Waals surface area contributed by atoms with Gasteiger partial charge in [0.1, 0.15) is 0 Å². The molecule has 4 aromatic rings. The van der Waals surface area contributed by atoms with Gasteiger partial charge in [0.25, 0.3) is 0 Å². The van der Waals surface area contributed by atoms with Crippen LogP contribution in [0.15, 0.2) is 48.5 Å². The Balaban J connectivity index is 0.000000142. The molecule has 2 aliphatic rings. The molecule has 0 aliphatic carbocycles. The van der Waals surface area contributed by atoms with Gasteiger partial charge in [0.05, 0.1) is 0 Å². The predicted molar refractivity (Wildman–Crippen MR) is 152 cm³/mol. The molecule has 0 saturated carbocycles. The lowest BCUT2D eigenvalue weighted by atomic mass is 9.91. The van der Waals surface area contributed by atoms with Crippen LogP contribution in [0.3, 0.4) is 0 Å². The zero-order chi connectivity index (χ0) is 23.7. The fourth-order valence-electron chi connectivity index (χ4n) is 5.64. The van der Waals surface area contributed by atoms with Crippen molar-refractivity contribution >= 4 is 42.8 Å². The number of piperidine rings is 2. The maximum atomic E-state index is 3.53. The van der Waals surface area contributed by atoms with Crippen LogP contribution in [0.2, 0.25) is 0 Å². The van der Waals surface area contributed by atoms with E-state index in [1.807, 2.05) is 22.7 Å². The maximum Gasteiger partial charge on any atom is 0.0348 e. The smallest absolute Gasteiger partial charge is 0.0348 e. The molecule has 2 N–H and O–H groups in total. The average molecular weight is 491 g/mol. The molecule has 0 unspecified atom stereocenters. The van der Waals surface area contributed by atoms with Gasteiger partial charge in [-0.2, -0.15) is 0 Å². The highest BCUT2D eigenvalue weighted by Crippen LogP contribution is 2.38. The molecule has 4 heterocycles. The average Bonchev–Trinajstić information content (AvgIpc) is 3.46. The highest BCUT2D eigenvalue weighted by Gasteiger charge is 2.22. The number of thiophene rings is 2. The molecule has 34 heavy (non-hydrogen) atoms. The summed E-state index contributed by atoms with van der Waals surface area (Å²) < 4.78 is 2.90. The molecule has 2 fully saturated rings. The van der Waals surface area contributed by atoms with Gasteiger partial charge in [-0.15, -0.1) is 22.7 Å². The van der Waals surface area contributed by atoms with Gasteiger partial charge in [-0.05, 0) is 124 Å². The molecule has 2 saturated heterocycles. The number of nitrogens with one attached hydrogen (secondary N) is 2. The van der Waals surface area contributed by atoms with Crippen LogP contribution in [0.4, 0.5) is 0 Å². The van der Waals surface area contributed by atoms with Crippen molar-refractivity contribution in [2.75, 3.05) is 13.1 Å². The summed E-state index contributed by atoms with van der Waals surface area (Å²) in [7, 11) is 0. The maximum absolute atomic E-state index is 3.53. The fraction of sp³-hybridized carbons (Fsp3) is 0.467. The Morgan fingerprint density at radius 1 is 0.676 bits per heavy atom. The van der Waals surface area contributed by atoms with Crippen molar-refractivity contribution in [1.29, 1.82) is 0 Å². The highest BCUT2D eigenvalue weighted by atomic mass is 32.1. The fourth-order valence-corrected chi connectivity index (χ4v) is 8.21. The van der Waals surface area contributed by atoms with Crippen LogP contribution in [0.1, 0.15) is 72.2 Å². The van der Waals surface area contributed by atoms with Crippen LogP contribution in [0, 0.1) is 13.8 Å². The molecule has 0 amide bonds. The summed E-state index contributed by atoms with van der Waals surface area (Å²) in [5.41, 5.74) is 2.82. The van der Waals surface area contributed by atoms with E-state index in [0.717, 1.165) is 11.8 Å². The van der Waals surface area contributed by atoms with Gasteiger partial charge in [0, 0.05) is 31.2 Å². The first-order valence-corrected chi connectivity index (χ1v) is 14.6. The SMILES string of the molecule is Cc1cccc2sc([C@@H]3CCN[C@@H](C)C3)cc12.Cc1cccc2sc([C@@H]3CCN[C@H](C)C3)cc12. The van der Waals surface area contributed by atoms with Gasteiger partial charge in [-0.1, -0.05) is 24.3 Å². The van der Waals surface area contributed by atoms with E-state index in [2.05, 4.69) is 86.9 Å². The number of fused-ring (bicyclic) bond motifs is 2. The van der Waals surface area contributed by atoms with Gasteiger partial charge in [0.15, 0.2) is 0 Å². The summed E-state index contributed by atoms with van der Waals surface area (Å²) in [5.74, 6) is 1.53. The summed E-state index contributed by atoms with van der Waals surface area (Å²) in [4.78, 5) is 3.17. The minimum atomic E-state index is 0.667. The van der Waals surface area contributed by atoms with Crippen LogP contribution < -0.4 is 10.6 Å². The van der Waals surface area contributed by atoms with E-state index in [4.69, 9.17) is 0 Å². The molecule has 0 radical (unpaired) electrons. The van der Waals surface area contributed by atoms with Crippen LogP contribution in [0.25, 0.3) is 20.2 Å². The highest BCUT2D eigenvalue weighted by molar-refractivity contribution is 7.19. The summed E-state index contributed by atoms with van der Waals surface area (Å²) in [5, 5.41) is 9.98. The van der Waals surface area contributed by atoms with Crippen LogP contribution >= 0.6 is 22.7 Å². The summed E-state index contributed by atoms with van der Waals surface area (Å²) >= 11 is 3.98. The zero-order valence-electron chi connectivity index (χ0n) is 21.0. The lowest BCUT2D eigenvalue weighted by Crippen LogP contribution is -2.34.